The number of carbonyl (C=O) groups excluding carboxylic acids is 1. The monoisotopic (exact) mass is 347 g/mol. The number of rotatable bonds is 6. The molecule has 0 radical (unpaired) electrons. The standard InChI is InChI=1S/C17H33N3O2.ClH/c1-14-5-4-8-17(11-14,20(2)3)13-19-16(21)12-22-15-6-9-18-10-7-15;/h14-15,18H,4-13H2,1-3H3,(H,19,21);1H. The fourth-order valence-corrected chi connectivity index (χ4v) is 3.83. The smallest absolute Gasteiger partial charge is 0.246 e. The average molecular weight is 348 g/mol. The first kappa shape index (κ1) is 20.7. The second-order valence-electron chi connectivity index (χ2n) is 7.36. The molecule has 0 aromatic rings. The Morgan fingerprint density at radius 2 is 2.00 bits per heavy atom. The Morgan fingerprint density at radius 3 is 2.61 bits per heavy atom. The first-order chi connectivity index (χ1) is 10.5. The van der Waals surface area contributed by atoms with E-state index in [2.05, 4.69) is 36.6 Å². The Bertz CT molecular complexity index is 362. The molecule has 5 nitrogen and oxygen atoms in total. The molecule has 0 spiro atoms. The Kier molecular flexibility index (Phi) is 8.83. The van der Waals surface area contributed by atoms with E-state index in [1.165, 1.54) is 19.3 Å². The van der Waals surface area contributed by atoms with E-state index in [0.717, 1.165) is 44.8 Å². The number of hydrogen-bond acceptors (Lipinski definition) is 4. The van der Waals surface area contributed by atoms with Crippen LogP contribution in [0.4, 0.5) is 0 Å². The average Bonchev–Trinajstić information content (AvgIpc) is 2.52. The SMILES string of the molecule is CC1CCCC(CNC(=O)COC2CCNCC2)(N(C)C)C1.Cl. The van der Waals surface area contributed by atoms with Crippen molar-refractivity contribution in [1.29, 1.82) is 0 Å². The van der Waals surface area contributed by atoms with Gasteiger partial charge in [-0.1, -0.05) is 19.8 Å². The first-order valence-corrected chi connectivity index (χ1v) is 8.78. The van der Waals surface area contributed by atoms with Crippen LogP contribution in [0, 0.1) is 5.92 Å². The van der Waals surface area contributed by atoms with E-state index in [1.807, 2.05) is 0 Å². The highest BCUT2D eigenvalue weighted by molar-refractivity contribution is 5.85. The highest BCUT2D eigenvalue weighted by atomic mass is 35.5. The van der Waals surface area contributed by atoms with Gasteiger partial charge in [0, 0.05) is 12.1 Å². The number of piperidine rings is 1. The Labute approximate surface area is 147 Å². The zero-order valence-corrected chi connectivity index (χ0v) is 15.7. The maximum atomic E-state index is 12.1. The zero-order valence-electron chi connectivity index (χ0n) is 14.9. The maximum Gasteiger partial charge on any atom is 0.246 e. The van der Waals surface area contributed by atoms with E-state index in [1.54, 1.807) is 0 Å². The van der Waals surface area contributed by atoms with Crippen LogP contribution in [0.1, 0.15) is 45.4 Å². The van der Waals surface area contributed by atoms with Gasteiger partial charge in [-0.25, -0.2) is 0 Å². The van der Waals surface area contributed by atoms with Crippen molar-refractivity contribution >= 4 is 18.3 Å². The fraction of sp³-hybridized carbons (Fsp3) is 0.941. The summed E-state index contributed by atoms with van der Waals surface area (Å²) in [4.78, 5) is 14.4. The third-order valence-electron chi connectivity index (χ3n) is 5.37. The molecular weight excluding hydrogens is 314 g/mol. The summed E-state index contributed by atoms with van der Waals surface area (Å²) in [5, 5.41) is 6.42. The predicted molar refractivity (Wildman–Crippen MR) is 96.2 cm³/mol. The Hall–Kier alpha value is -0.360. The lowest BCUT2D eigenvalue weighted by atomic mass is 9.75. The van der Waals surface area contributed by atoms with Gasteiger partial charge in [0.1, 0.15) is 6.61 Å². The van der Waals surface area contributed by atoms with Crippen LogP contribution < -0.4 is 10.6 Å². The highest BCUT2D eigenvalue weighted by Crippen LogP contribution is 2.35. The quantitative estimate of drug-likeness (QED) is 0.769. The number of nitrogens with one attached hydrogen (secondary N) is 2. The van der Waals surface area contributed by atoms with Gasteiger partial charge in [-0.3, -0.25) is 4.79 Å². The first-order valence-electron chi connectivity index (χ1n) is 8.78. The van der Waals surface area contributed by atoms with Gasteiger partial charge in [-0.05, 0) is 58.8 Å². The molecule has 6 heteroatoms. The molecule has 23 heavy (non-hydrogen) atoms. The maximum absolute atomic E-state index is 12.1. The molecule has 1 saturated heterocycles. The minimum atomic E-state index is 0. The number of nitrogens with zero attached hydrogens (tertiary/aromatic N) is 1. The highest BCUT2D eigenvalue weighted by Gasteiger charge is 2.37. The molecule has 0 aromatic carbocycles. The minimum absolute atomic E-state index is 0. The molecule has 2 N–H and O–H groups in total. The molecular formula is C17H34ClN3O2. The van der Waals surface area contributed by atoms with Gasteiger partial charge >= 0.3 is 0 Å². The largest absolute Gasteiger partial charge is 0.368 e. The number of hydrogen-bond donors (Lipinski definition) is 2. The topological polar surface area (TPSA) is 53.6 Å². The van der Waals surface area contributed by atoms with E-state index in [4.69, 9.17) is 4.74 Å². The zero-order chi connectivity index (χ0) is 16.0. The molecule has 1 aliphatic heterocycles. The van der Waals surface area contributed by atoms with Crippen molar-refractivity contribution in [3.8, 4) is 0 Å². The van der Waals surface area contributed by atoms with Gasteiger partial charge in [0.15, 0.2) is 0 Å². The van der Waals surface area contributed by atoms with Gasteiger partial charge in [-0.2, -0.15) is 0 Å². The van der Waals surface area contributed by atoms with Crippen LogP contribution in [0.2, 0.25) is 0 Å². The molecule has 0 bridgehead atoms. The summed E-state index contributed by atoms with van der Waals surface area (Å²) in [7, 11) is 4.27. The molecule has 2 rings (SSSR count). The normalized spacial score (nSPS) is 29.1. The summed E-state index contributed by atoms with van der Waals surface area (Å²) < 4.78 is 5.73. The number of carbonyl (C=O) groups is 1. The van der Waals surface area contributed by atoms with Crippen LogP contribution in [-0.4, -0.2) is 62.8 Å². The molecule has 2 aliphatic rings. The third-order valence-corrected chi connectivity index (χ3v) is 5.37. The van der Waals surface area contributed by atoms with Gasteiger partial charge in [0.05, 0.1) is 6.10 Å². The summed E-state index contributed by atoms with van der Waals surface area (Å²) in [5.41, 5.74) is 0.113. The predicted octanol–water partition coefficient (Wildman–Crippen LogP) is 1.80. The van der Waals surface area contributed by atoms with Gasteiger partial charge in [-0.15, -0.1) is 12.4 Å². The lowest BCUT2D eigenvalue weighted by molar-refractivity contribution is -0.129. The second-order valence-corrected chi connectivity index (χ2v) is 7.36. The van der Waals surface area contributed by atoms with Crippen molar-refractivity contribution in [3.05, 3.63) is 0 Å². The number of halogens is 1. The minimum Gasteiger partial charge on any atom is -0.368 e. The van der Waals surface area contributed by atoms with E-state index in [-0.39, 0.29) is 36.6 Å². The van der Waals surface area contributed by atoms with E-state index in [0.29, 0.717) is 0 Å². The van der Waals surface area contributed by atoms with Crippen LogP contribution in [0.3, 0.4) is 0 Å². The lowest BCUT2D eigenvalue weighted by Gasteiger charge is -2.45. The molecule has 1 saturated carbocycles. The number of amides is 1. The third kappa shape index (κ3) is 6.22. The summed E-state index contributed by atoms with van der Waals surface area (Å²) >= 11 is 0. The van der Waals surface area contributed by atoms with Gasteiger partial charge < -0.3 is 20.3 Å². The summed E-state index contributed by atoms with van der Waals surface area (Å²) in [6.07, 6.45) is 7.14. The van der Waals surface area contributed by atoms with E-state index >= 15 is 0 Å². The molecule has 2 unspecified atom stereocenters. The molecule has 0 aromatic heterocycles. The molecule has 136 valence electrons. The van der Waals surface area contributed by atoms with Gasteiger partial charge in [0.2, 0.25) is 5.91 Å². The Morgan fingerprint density at radius 1 is 1.30 bits per heavy atom. The van der Waals surface area contributed by atoms with Crippen molar-refractivity contribution in [1.82, 2.24) is 15.5 Å². The molecule has 1 amide bonds. The second kappa shape index (κ2) is 9.82. The summed E-state index contributed by atoms with van der Waals surface area (Å²) in [5.74, 6) is 0.761. The lowest BCUT2D eigenvalue weighted by Crippen LogP contribution is -2.55. The van der Waals surface area contributed by atoms with Crippen LogP contribution >= 0.6 is 12.4 Å². The summed E-state index contributed by atoms with van der Waals surface area (Å²) in [6.45, 7) is 5.24. The van der Waals surface area contributed by atoms with Crippen LogP contribution in [0.15, 0.2) is 0 Å². The van der Waals surface area contributed by atoms with E-state index < -0.39 is 0 Å². The molecule has 1 aliphatic carbocycles. The summed E-state index contributed by atoms with van der Waals surface area (Å²) in [6, 6.07) is 0. The van der Waals surface area contributed by atoms with Crippen molar-refractivity contribution < 1.29 is 9.53 Å². The van der Waals surface area contributed by atoms with Crippen LogP contribution in [0.25, 0.3) is 0 Å². The molecule has 2 atom stereocenters. The van der Waals surface area contributed by atoms with Crippen molar-refractivity contribution in [2.45, 2.75) is 57.1 Å². The number of likely N-dealkylation sites (N-methyl/N-ethyl adjacent to an activating group) is 1. The van der Waals surface area contributed by atoms with Crippen LogP contribution in [-0.2, 0) is 9.53 Å². The molecule has 2 fully saturated rings. The molecule has 1 heterocycles. The Balaban J connectivity index is 0.00000264. The van der Waals surface area contributed by atoms with E-state index in [9.17, 15) is 4.79 Å². The fourth-order valence-electron chi connectivity index (χ4n) is 3.83. The van der Waals surface area contributed by atoms with Crippen molar-refractivity contribution in [2.24, 2.45) is 5.92 Å². The van der Waals surface area contributed by atoms with Crippen LogP contribution in [0.5, 0.6) is 0 Å². The van der Waals surface area contributed by atoms with Crippen molar-refractivity contribution in [2.75, 3.05) is 40.3 Å². The van der Waals surface area contributed by atoms with Crippen molar-refractivity contribution in [3.63, 3.8) is 0 Å². The van der Waals surface area contributed by atoms with Gasteiger partial charge in [0.25, 0.3) is 0 Å². The number of ether oxygens (including phenoxy) is 1.